The molecule has 2 aromatic heterocycles. The monoisotopic (exact) mass is 254 g/mol. The lowest BCUT2D eigenvalue weighted by atomic mass is 10.1. The fourth-order valence-corrected chi connectivity index (χ4v) is 1.77. The number of aromatic nitrogens is 4. The predicted molar refractivity (Wildman–Crippen MR) is 71.4 cm³/mol. The fourth-order valence-electron chi connectivity index (χ4n) is 1.77. The first kappa shape index (κ1) is 11.6. The maximum atomic E-state index is 5.64. The number of H-pyrrole nitrogens is 1. The van der Waals surface area contributed by atoms with Gasteiger partial charge in [0.15, 0.2) is 0 Å². The first-order valence-electron chi connectivity index (χ1n) is 6.18. The van der Waals surface area contributed by atoms with E-state index in [-0.39, 0.29) is 0 Å². The Labute approximate surface area is 110 Å². The molecule has 1 N–H and O–H groups in total. The number of hydrogen-bond acceptors (Lipinski definition) is 4. The summed E-state index contributed by atoms with van der Waals surface area (Å²) >= 11 is 0. The van der Waals surface area contributed by atoms with Gasteiger partial charge in [-0.15, -0.1) is 10.2 Å². The SMILES string of the molecule is CC(C)c1cc(-c2nnc(-c3ccccc3)o2)n[nH]1. The van der Waals surface area contributed by atoms with Gasteiger partial charge >= 0.3 is 0 Å². The summed E-state index contributed by atoms with van der Waals surface area (Å²) in [6.07, 6.45) is 0. The molecule has 0 atom stereocenters. The topological polar surface area (TPSA) is 67.6 Å². The molecule has 0 saturated heterocycles. The molecule has 0 bridgehead atoms. The van der Waals surface area contributed by atoms with Crippen LogP contribution < -0.4 is 0 Å². The molecule has 0 saturated carbocycles. The van der Waals surface area contributed by atoms with Crippen LogP contribution in [-0.2, 0) is 0 Å². The van der Waals surface area contributed by atoms with Gasteiger partial charge in [0.05, 0.1) is 0 Å². The second-order valence-corrected chi connectivity index (χ2v) is 4.64. The molecule has 0 aliphatic rings. The Morgan fingerprint density at radius 2 is 1.79 bits per heavy atom. The lowest BCUT2D eigenvalue weighted by molar-refractivity contribution is 0.582. The van der Waals surface area contributed by atoms with Gasteiger partial charge in [0.1, 0.15) is 5.69 Å². The summed E-state index contributed by atoms with van der Waals surface area (Å²) in [4.78, 5) is 0. The summed E-state index contributed by atoms with van der Waals surface area (Å²) in [6.45, 7) is 4.20. The summed E-state index contributed by atoms with van der Waals surface area (Å²) < 4.78 is 5.64. The fraction of sp³-hybridized carbons (Fsp3) is 0.214. The minimum Gasteiger partial charge on any atom is -0.415 e. The first-order chi connectivity index (χ1) is 9.24. The van der Waals surface area contributed by atoms with E-state index in [2.05, 4.69) is 34.2 Å². The highest BCUT2D eigenvalue weighted by atomic mass is 16.4. The molecule has 5 heteroatoms. The van der Waals surface area contributed by atoms with Crippen molar-refractivity contribution in [3.63, 3.8) is 0 Å². The van der Waals surface area contributed by atoms with E-state index in [9.17, 15) is 0 Å². The van der Waals surface area contributed by atoms with Crippen LogP contribution in [0.1, 0.15) is 25.5 Å². The molecule has 0 unspecified atom stereocenters. The zero-order chi connectivity index (χ0) is 13.2. The van der Waals surface area contributed by atoms with Crippen molar-refractivity contribution < 1.29 is 4.42 Å². The number of nitrogens with one attached hydrogen (secondary N) is 1. The van der Waals surface area contributed by atoms with Crippen molar-refractivity contribution >= 4 is 0 Å². The van der Waals surface area contributed by atoms with Crippen molar-refractivity contribution in [2.45, 2.75) is 19.8 Å². The van der Waals surface area contributed by atoms with Crippen molar-refractivity contribution in [1.29, 1.82) is 0 Å². The zero-order valence-electron chi connectivity index (χ0n) is 10.8. The molecule has 3 rings (SSSR count). The third kappa shape index (κ3) is 2.27. The van der Waals surface area contributed by atoms with Crippen molar-refractivity contribution in [3.05, 3.63) is 42.1 Å². The molecule has 0 spiro atoms. The molecule has 0 fully saturated rings. The molecule has 19 heavy (non-hydrogen) atoms. The van der Waals surface area contributed by atoms with E-state index in [1.54, 1.807) is 0 Å². The minimum atomic E-state index is 0.387. The molecule has 5 nitrogen and oxygen atoms in total. The van der Waals surface area contributed by atoms with Crippen LogP contribution in [0.25, 0.3) is 23.0 Å². The van der Waals surface area contributed by atoms with Crippen LogP contribution in [0, 0.1) is 0 Å². The zero-order valence-corrected chi connectivity index (χ0v) is 10.8. The Balaban J connectivity index is 1.92. The van der Waals surface area contributed by atoms with Crippen LogP contribution in [0.2, 0.25) is 0 Å². The van der Waals surface area contributed by atoms with E-state index in [1.807, 2.05) is 36.4 Å². The number of hydrogen-bond donors (Lipinski definition) is 1. The lowest BCUT2D eigenvalue weighted by Crippen LogP contribution is -1.85. The average molecular weight is 254 g/mol. The van der Waals surface area contributed by atoms with Gasteiger partial charge in [-0.3, -0.25) is 5.10 Å². The minimum absolute atomic E-state index is 0.387. The lowest BCUT2D eigenvalue weighted by Gasteiger charge is -1.96. The maximum absolute atomic E-state index is 5.64. The Morgan fingerprint density at radius 1 is 1.05 bits per heavy atom. The summed E-state index contributed by atoms with van der Waals surface area (Å²) in [5.74, 6) is 1.32. The molecule has 0 aliphatic carbocycles. The molecule has 0 radical (unpaired) electrons. The Morgan fingerprint density at radius 3 is 2.47 bits per heavy atom. The summed E-state index contributed by atoms with van der Waals surface area (Å²) in [5.41, 5.74) is 2.63. The Kier molecular flexibility index (Phi) is 2.87. The number of rotatable bonds is 3. The molecule has 2 heterocycles. The largest absolute Gasteiger partial charge is 0.415 e. The van der Waals surface area contributed by atoms with Gasteiger partial charge in [-0.25, -0.2) is 0 Å². The molecule has 0 aliphatic heterocycles. The van der Waals surface area contributed by atoms with Gasteiger partial charge in [-0.2, -0.15) is 5.10 Å². The number of nitrogens with zero attached hydrogens (tertiary/aromatic N) is 3. The van der Waals surface area contributed by atoms with Gasteiger partial charge < -0.3 is 4.42 Å². The quantitative estimate of drug-likeness (QED) is 0.779. The second kappa shape index (κ2) is 4.68. The summed E-state index contributed by atoms with van der Waals surface area (Å²) in [7, 11) is 0. The highest BCUT2D eigenvalue weighted by Crippen LogP contribution is 2.24. The van der Waals surface area contributed by atoms with E-state index in [0.717, 1.165) is 11.3 Å². The first-order valence-corrected chi connectivity index (χ1v) is 6.18. The molecule has 1 aromatic carbocycles. The van der Waals surface area contributed by atoms with E-state index in [1.165, 1.54) is 0 Å². The third-order valence-corrected chi connectivity index (χ3v) is 2.88. The van der Waals surface area contributed by atoms with Gasteiger partial charge in [-0.1, -0.05) is 32.0 Å². The Hall–Kier alpha value is -2.43. The van der Waals surface area contributed by atoms with Crippen LogP contribution in [0.3, 0.4) is 0 Å². The summed E-state index contributed by atoms with van der Waals surface area (Å²) in [6, 6.07) is 11.6. The van der Waals surface area contributed by atoms with Crippen molar-refractivity contribution in [2.24, 2.45) is 0 Å². The van der Waals surface area contributed by atoms with Crippen molar-refractivity contribution in [3.8, 4) is 23.0 Å². The predicted octanol–water partition coefficient (Wildman–Crippen LogP) is 3.25. The molecule has 0 amide bonds. The van der Waals surface area contributed by atoms with Gasteiger partial charge in [0.25, 0.3) is 5.89 Å². The van der Waals surface area contributed by atoms with Crippen LogP contribution in [-0.4, -0.2) is 20.4 Å². The van der Waals surface area contributed by atoms with E-state index < -0.39 is 0 Å². The second-order valence-electron chi connectivity index (χ2n) is 4.64. The van der Waals surface area contributed by atoms with Crippen LogP contribution in [0.4, 0.5) is 0 Å². The van der Waals surface area contributed by atoms with Gasteiger partial charge in [-0.05, 0) is 24.1 Å². The normalized spacial score (nSPS) is 11.1. The highest BCUT2D eigenvalue weighted by Gasteiger charge is 2.14. The van der Waals surface area contributed by atoms with Gasteiger partial charge in [0.2, 0.25) is 5.89 Å². The van der Waals surface area contributed by atoms with Crippen molar-refractivity contribution in [1.82, 2.24) is 20.4 Å². The standard InChI is InChI=1S/C14H14N4O/c1-9(2)11-8-12(16-15-11)14-18-17-13(19-14)10-6-4-3-5-7-10/h3-9H,1-2H3,(H,15,16). The van der Waals surface area contributed by atoms with E-state index in [0.29, 0.717) is 23.4 Å². The molecular weight excluding hydrogens is 240 g/mol. The number of aromatic amines is 1. The number of benzene rings is 1. The van der Waals surface area contributed by atoms with Crippen LogP contribution in [0.15, 0.2) is 40.8 Å². The highest BCUT2D eigenvalue weighted by molar-refractivity contribution is 5.55. The van der Waals surface area contributed by atoms with Crippen LogP contribution >= 0.6 is 0 Å². The summed E-state index contributed by atoms with van der Waals surface area (Å²) in [5, 5.41) is 15.3. The van der Waals surface area contributed by atoms with Crippen molar-refractivity contribution in [2.75, 3.05) is 0 Å². The molecule has 3 aromatic rings. The third-order valence-electron chi connectivity index (χ3n) is 2.88. The van der Waals surface area contributed by atoms with E-state index in [4.69, 9.17) is 4.42 Å². The average Bonchev–Trinajstić information content (AvgIpc) is 3.09. The molecular formula is C14H14N4O. The molecule has 96 valence electrons. The van der Waals surface area contributed by atoms with Gasteiger partial charge in [0, 0.05) is 11.3 Å². The maximum Gasteiger partial charge on any atom is 0.268 e. The Bertz CT molecular complexity index is 670. The van der Waals surface area contributed by atoms with E-state index >= 15 is 0 Å². The van der Waals surface area contributed by atoms with Crippen LogP contribution in [0.5, 0.6) is 0 Å². The smallest absolute Gasteiger partial charge is 0.268 e.